The van der Waals surface area contributed by atoms with E-state index in [1.807, 2.05) is 7.05 Å². The van der Waals surface area contributed by atoms with Crippen LogP contribution in [0.1, 0.15) is 6.42 Å². The van der Waals surface area contributed by atoms with Crippen LogP contribution in [0.2, 0.25) is 0 Å². The number of aryl methyl sites for hydroxylation is 1. The van der Waals surface area contributed by atoms with Crippen molar-refractivity contribution in [2.45, 2.75) is 6.42 Å². The zero-order valence-electron chi connectivity index (χ0n) is 8.90. The minimum Gasteiger partial charge on any atom is -0.396 e. The van der Waals surface area contributed by atoms with Crippen LogP contribution in [0, 0.1) is 0 Å². The molecule has 0 aliphatic heterocycles. The maximum absolute atomic E-state index is 8.68. The topological polar surface area (TPSA) is 37.2 Å². The van der Waals surface area contributed by atoms with Gasteiger partial charge in [-0.25, -0.2) is 0 Å². The summed E-state index contributed by atoms with van der Waals surface area (Å²) in [6.07, 6.45) is 2.84. The second kappa shape index (κ2) is 4.36. The van der Waals surface area contributed by atoms with Gasteiger partial charge in [0.1, 0.15) is 0 Å². The molecule has 0 unspecified atom stereocenters. The van der Waals surface area contributed by atoms with Crippen LogP contribution in [-0.4, -0.2) is 22.8 Å². The first kappa shape index (κ1) is 10.1. The zero-order chi connectivity index (χ0) is 10.7. The summed E-state index contributed by atoms with van der Waals surface area (Å²) in [5.74, 6) is 0. The average Bonchev–Trinajstić information content (AvgIpc) is 2.61. The van der Waals surface area contributed by atoms with Crippen molar-refractivity contribution in [2.24, 2.45) is 7.05 Å². The Morgan fingerprint density at radius 2 is 2.20 bits per heavy atom. The highest BCUT2D eigenvalue weighted by molar-refractivity contribution is 5.83. The molecule has 15 heavy (non-hydrogen) atoms. The number of hydrogen-bond donors (Lipinski definition) is 2. The van der Waals surface area contributed by atoms with Gasteiger partial charge in [-0.2, -0.15) is 0 Å². The van der Waals surface area contributed by atoms with Crippen LogP contribution in [0.15, 0.2) is 30.5 Å². The van der Waals surface area contributed by atoms with E-state index < -0.39 is 0 Å². The molecule has 0 amide bonds. The fourth-order valence-electron chi connectivity index (χ4n) is 1.70. The number of nitrogens with zero attached hydrogens (tertiary/aromatic N) is 1. The fraction of sp³-hybridized carbons (Fsp3) is 0.333. The van der Waals surface area contributed by atoms with Gasteiger partial charge >= 0.3 is 0 Å². The molecular formula is C12H16N2O. The summed E-state index contributed by atoms with van der Waals surface area (Å²) in [5.41, 5.74) is 2.35. The molecule has 2 rings (SSSR count). The Hall–Kier alpha value is -1.48. The Bertz CT molecular complexity index is 448. The molecule has 2 N–H and O–H groups in total. The molecule has 80 valence electrons. The van der Waals surface area contributed by atoms with Crippen LogP contribution in [0.5, 0.6) is 0 Å². The number of fused-ring (bicyclic) bond motifs is 1. The van der Waals surface area contributed by atoms with Crippen molar-refractivity contribution in [1.82, 2.24) is 4.57 Å². The number of nitrogens with one attached hydrogen (secondary N) is 1. The molecule has 1 aromatic carbocycles. The van der Waals surface area contributed by atoms with Gasteiger partial charge < -0.3 is 15.0 Å². The molecule has 2 aromatic rings. The Balaban J connectivity index is 2.16. The molecule has 0 aliphatic carbocycles. The van der Waals surface area contributed by atoms with Crippen LogP contribution in [0.25, 0.3) is 10.9 Å². The van der Waals surface area contributed by atoms with E-state index >= 15 is 0 Å². The van der Waals surface area contributed by atoms with E-state index in [1.165, 1.54) is 10.9 Å². The molecule has 0 saturated heterocycles. The Morgan fingerprint density at radius 3 is 3.00 bits per heavy atom. The quantitative estimate of drug-likeness (QED) is 0.747. The molecule has 3 heteroatoms. The van der Waals surface area contributed by atoms with Gasteiger partial charge in [-0.15, -0.1) is 0 Å². The van der Waals surface area contributed by atoms with Crippen molar-refractivity contribution in [2.75, 3.05) is 18.5 Å². The summed E-state index contributed by atoms with van der Waals surface area (Å²) in [7, 11) is 2.04. The highest BCUT2D eigenvalue weighted by Gasteiger charge is 1.98. The molecule has 3 nitrogen and oxygen atoms in total. The van der Waals surface area contributed by atoms with Crippen LogP contribution >= 0.6 is 0 Å². The lowest BCUT2D eigenvalue weighted by Gasteiger charge is -2.05. The van der Waals surface area contributed by atoms with Gasteiger partial charge in [0.15, 0.2) is 0 Å². The molecule has 1 heterocycles. The largest absolute Gasteiger partial charge is 0.396 e. The second-order valence-corrected chi connectivity index (χ2v) is 3.70. The van der Waals surface area contributed by atoms with Crippen LogP contribution in [0.4, 0.5) is 5.69 Å². The molecular weight excluding hydrogens is 188 g/mol. The molecule has 0 aliphatic rings. The van der Waals surface area contributed by atoms with Crippen molar-refractivity contribution in [1.29, 1.82) is 0 Å². The van der Waals surface area contributed by atoms with Gasteiger partial charge in [0, 0.05) is 43.0 Å². The van der Waals surface area contributed by atoms with E-state index in [-0.39, 0.29) is 6.61 Å². The summed E-state index contributed by atoms with van der Waals surface area (Å²) >= 11 is 0. The number of aromatic nitrogens is 1. The lowest BCUT2D eigenvalue weighted by atomic mass is 10.2. The number of hydrogen-bond acceptors (Lipinski definition) is 2. The van der Waals surface area contributed by atoms with E-state index in [1.54, 1.807) is 0 Å². The highest BCUT2D eigenvalue weighted by Crippen LogP contribution is 2.19. The number of anilines is 1. The number of benzene rings is 1. The third-order valence-corrected chi connectivity index (χ3v) is 2.55. The average molecular weight is 204 g/mol. The molecule has 0 fully saturated rings. The maximum atomic E-state index is 8.68. The van der Waals surface area contributed by atoms with Gasteiger partial charge in [0.25, 0.3) is 0 Å². The molecule has 0 atom stereocenters. The van der Waals surface area contributed by atoms with Crippen molar-refractivity contribution in [3.8, 4) is 0 Å². The van der Waals surface area contributed by atoms with E-state index in [4.69, 9.17) is 5.11 Å². The highest BCUT2D eigenvalue weighted by atomic mass is 16.3. The van der Waals surface area contributed by atoms with Gasteiger partial charge in [0.2, 0.25) is 0 Å². The van der Waals surface area contributed by atoms with Crippen molar-refractivity contribution < 1.29 is 5.11 Å². The summed E-state index contributed by atoms with van der Waals surface area (Å²) in [6.45, 7) is 1.05. The smallest absolute Gasteiger partial charge is 0.0479 e. The SMILES string of the molecule is Cn1ccc2cc(NCCCO)ccc21. The van der Waals surface area contributed by atoms with E-state index in [2.05, 4.69) is 40.3 Å². The Labute approximate surface area is 89.3 Å². The summed E-state index contributed by atoms with van der Waals surface area (Å²) in [4.78, 5) is 0. The molecule has 0 bridgehead atoms. The van der Waals surface area contributed by atoms with Gasteiger partial charge in [0.05, 0.1) is 0 Å². The number of rotatable bonds is 4. The lowest BCUT2D eigenvalue weighted by Crippen LogP contribution is -2.02. The lowest BCUT2D eigenvalue weighted by molar-refractivity contribution is 0.292. The van der Waals surface area contributed by atoms with E-state index in [9.17, 15) is 0 Å². The minimum absolute atomic E-state index is 0.237. The second-order valence-electron chi connectivity index (χ2n) is 3.70. The standard InChI is InChI=1S/C12H16N2O/c1-14-7-5-10-9-11(3-4-12(10)14)13-6-2-8-15/h3-5,7,9,13,15H,2,6,8H2,1H3. The van der Waals surface area contributed by atoms with Crippen molar-refractivity contribution in [3.05, 3.63) is 30.5 Å². The third kappa shape index (κ3) is 2.13. The van der Waals surface area contributed by atoms with Crippen LogP contribution < -0.4 is 5.32 Å². The molecule has 1 aromatic heterocycles. The van der Waals surface area contributed by atoms with Gasteiger partial charge in [-0.05, 0) is 30.7 Å². The summed E-state index contributed by atoms with van der Waals surface area (Å²) in [6, 6.07) is 8.41. The summed E-state index contributed by atoms with van der Waals surface area (Å²) < 4.78 is 2.10. The zero-order valence-corrected chi connectivity index (χ0v) is 8.90. The van der Waals surface area contributed by atoms with Crippen LogP contribution in [0.3, 0.4) is 0 Å². The first-order valence-electron chi connectivity index (χ1n) is 5.21. The fourth-order valence-corrected chi connectivity index (χ4v) is 1.70. The molecule has 0 radical (unpaired) electrons. The molecule has 0 spiro atoms. The molecule has 0 saturated carbocycles. The summed E-state index contributed by atoms with van der Waals surface area (Å²) in [5, 5.41) is 13.2. The predicted octanol–water partition coefficient (Wildman–Crippen LogP) is 1.97. The normalized spacial score (nSPS) is 10.8. The van der Waals surface area contributed by atoms with E-state index in [0.717, 1.165) is 18.7 Å². The van der Waals surface area contributed by atoms with Crippen LogP contribution in [-0.2, 0) is 7.05 Å². The first-order chi connectivity index (χ1) is 7.31. The Morgan fingerprint density at radius 1 is 1.33 bits per heavy atom. The number of aliphatic hydroxyl groups is 1. The number of aliphatic hydroxyl groups excluding tert-OH is 1. The minimum atomic E-state index is 0.237. The van der Waals surface area contributed by atoms with Crippen molar-refractivity contribution >= 4 is 16.6 Å². The van der Waals surface area contributed by atoms with Crippen molar-refractivity contribution in [3.63, 3.8) is 0 Å². The monoisotopic (exact) mass is 204 g/mol. The van der Waals surface area contributed by atoms with Gasteiger partial charge in [-0.1, -0.05) is 0 Å². The third-order valence-electron chi connectivity index (χ3n) is 2.55. The maximum Gasteiger partial charge on any atom is 0.0479 e. The van der Waals surface area contributed by atoms with Gasteiger partial charge in [-0.3, -0.25) is 0 Å². The van der Waals surface area contributed by atoms with E-state index in [0.29, 0.717) is 0 Å². The Kier molecular flexibility index (Phi) is 2.92. The predicted molar refractivity (Wildman–Crippen MR) is 63.1 cm³/mol. The first-order valence-corrected chi connectivity index (χ1v) is 5.21.